The molecule has 4 nitrogen and oxygen atoms in total. The van der Waals surface area contributed by atoms with Gasteiger partial charge in [-0.25, -0.2) is 13.6 Å². The maximum Gasteiger partial charge on any atom is 0.328 e. The minimum atomic E-state index is -1.12. The van der Waals surface area contributed by atoms with Gasteiger partial charge in [0, 0.05) is 5.56 Å². The molecule has 18 heavy (non-hydrogen) atoms. The number of amides is 1. The number of nitrogens with one attached hydrogen (secondary N) is 1. The molecule has 0 aliphatic heterocycles. The Labute approximate surface area is 103 Å². The van der Waals surface area contributed by atoms with E-state index in [1.54, 1.807) is 6.92 Å². The number of benzene rings is 1. The molecule has 1 amide bonds. The fraction of sp³-hybridized carbons (Fsp3) is 0.333. The zero-order chi connectivity index (χ0) is 13.7. The minimum absolute atomic E-state index is 0.0590. The van der Waals surface area contributed by atoms with Crippen LogP contribution in [0.25, 0.3) is 0 Å². The Morgan fingerprint density at radius 3 is 2.50 bits per heavy atom. The Morgan fingerprint density at radius 2 is 2.00 bits per heavy atom. The van der Waals surface area contributed by atoms with Gasteiger partial charge >= 0.3 is 5.97 Å². The van der Waals surface area contributed by atoms with Crippen LogP contribution < -0.4 is 5.32 Å². The average molecular weight is 257 g/mol. The van der Waals surface area contributed by atoms with Crippen molar-refractivity contribution in [3.63, 3.8) is 0 Å². The lowest BCUT2D eigenvalue weighted by atomic mass is 10.1. The smallest absolute Gasteiger partial charge is 0.328 e. The Morgan fingerprint density at radius 1 is 1.33 bits per heavy atom. The molecule has 0 saturated carbocycles. The average Bonchev–Trinajstić information content (AvgIpc) is 2.37. The van der Waals surface area contributed by atoms with E-state index in [1.165, 1.54) is 7.11 Å². The van der Waals surface area contributed by atoms with Crippen LogP contribution in [-0.4, -0.2) is 25.0 Å². The van der Waals surface area contributed by atoms with Crippen LogP contribution in [0.3, 0.4) is 0 Å². The SMILES string of the molecule is CCC(NC(=O)c1ccc(F)c(F)c1)C(=O)OC. The molecule has 0 heterocycles. The fourth-order valence-electron chi connectivity index (χ4n) is 1.35. The highest BCUT2D eigenvalue weighted by Gasteiger charge is 2.20. The Bertz CT molecular complexity index is 463. The maximum absolute atomic E-state index is 12.9. The van der Waals surface area contributed by atoms with Gasteiger partial charge in [-0.3, -0.25) is 4.79 Å². The lowest BCUT2D eigenvalue weighted by Crippen LogP contribution is -2.41. The Hall–Kier alpha value is -1.98. The second kappa shape index (κ2) is 6.09. The van der Waals surface area contributed by atoms with E-state index in [4.69, 9.17) is 0 Å². The number of halogens is 2. The zero-order valence-electron chi connectivity index (χ0n) is 10.00. The second-order valence-electron chi connectivity index (χ2n) is 3.59. The molecule has 0 spiro atoms. The molecule has 0 fully saturated rings. The molecule has 0 aliphatic carbocycles. The Balaban J connectivity index is 2.81. The summed E-state index contributed by atoms with van der Waals surface area (Å²) < 4.78 is 30.1. The number of rotatable bonds is 4. The first kappa shape index (κ1) is 14.1. The van der Waals surface area contributed by atoms with E-state index in [0.29, 0.717) is 6.42 Å². The van der Waals surface area contributed by atoms with Crippen molar-refractivity contribution < 1.29 is 23.1 Å². The quantitative estimate of drug-likeness (QED) is 0.834. The molecule has 0 bridgehead atoms. The summed E-state index contributed by atoms with van der Waals surface area (Å²) >= 11 is 0. The van der Waals surface area contributed by atoms with E-state index in [9.17, 15) is 18.4 Å². The largest absolute Gasteiger partial charge is 0.467 e. The number of carbonyl (C=O) groups is 2. The highest BCUT2D eigenvalue weighted by Crippen LogP contribution is 2.09. The molecule has 0 saturated heterocycles. The van der Waals surface area contributed by atoms with E-state index in [0.717, 1.165) is 18.2 Å². The lowest BCUT2D eigenvalue weighted by molar-refractivity contribution is -0.142. The van der Waals surface area contributed by atoms with Gasteiger partial charge in [0.25, 0.3) is 5.91 Å². The van der Waals surface area contributed by atoms with E-state index < -0.39 is 29.6 Å². The molecule has 0 aliphatic rings. The predicted molar refractivity (Wildman–Crippen MR) is 59.9 cm³/mol. The molecule has 1 N–H and O–H groups in total. The van der Waals surface area contributed by atoms with Gasteiger partial charge in [-0.05, 0) is 24.6 Å². The number of hydrogen-bond donors (Lipinski definition) is 1. The van der Waals surface area contributed by atoms with Crippen molar-refractivity contribution in [1.82, 2.24) is 5.32 Å². The molecule has 6 heteroatoms. The van der Waals surface area contributed by atoms with Crippen LogP contribution in [0.5, 0.6) is 0 Å². The van der Waals surface area contributed by atoms with E-state index in [1.807, 2.05) is 0 Å². The van der Waals surface area contributed by atoms with Crippen LogP contribution in [0.2, 0.25) is 0 Å². The van der Waals surface area contributed by atoms with E-state index >= 15 is 0 Å². The molecular formula is C12H13F2NO3. The number of esters is 1. The van der Waals surface area contributed by atoms with E-state index in [-0.39, 0.29) is 5.56 Å². The Kier molecular flexibility index (Phi) is 4.76. The summed E-state index contributed by atoms with van der Waals surface area (Å²) in [6.45, 7) is 1.69. The second-order valence-corrected chi connectivity index (χ2v) is 3.59. The first-order valence-electron chi connectivity index (χ1n) is 5.33. The summed E-state index contributed by atoms with van der Waals surface area (Å²) in [7, 11) is 1.20. The number of methoxy groups -OCH3 is 1. The highest BCUT2D eigenvalue weighted by molar-refractivity contribution is 5.96. The molecule has 0 radical (unpaired) electrons. The van der Waals surface area contributed by atoms with Crippen molar-refractivity contribution in [2.24, 2.45) is 0 Å². The number of hydrogen-bond acceptors (Lipinski definition) is 3. The third kappa shape index (κ3) is 3.26. The molecule has 0 aromatic heterocycles. The van der Waals surface area contributed by atoms with Crippen molar-refractivity contribution in [2.45, 2.75) is 19.4 Å². The summed E-state index contributed by atoms with van der Waals surface area (Å²) in [4.78, 5) is 22.9. The van der Waals surface area contributed by atoms with Crippen LogP contribution in [-0.2, 0) is 9.53 Å². The lowest BCUT2D eigenvalue weighted by Gasteiger charge is -2.14. The van der Waals surface area contributed by atoms with Crippen LogP contribution in [0.15, 0.2) is 18.2 Å². The van der Waals surface area contributed by atoms with E-state index in [2.05, 4.69) is 10.1 Å². The van der Waals surface area contributed by atoms with Crippen molar-refractivity contribution in [3.05, 3.63) is 35.4 Å². The molecule has 1 aromatic rings. The van der Waals surface area contributed by atoms with Crippen molar-refractivity contribution in [2.75, 3.05) is 7.11 Å². The topological polar surface area (TPSA) is 55.4 Å². The van der Waals surface area contributed by atoms with Gasteiger partial charge in [-0.15, -0.1) is 0 Å². The van der Waals surface area contributed by atoms with Gasteiger partial charge in [0.2, 0.25) is 0 Å². The number of ether oxygens (including phenoxy) is 1. The normalized spacial score (nSPS) is 11.8. The van der Waals surface area contributed by atoms with Gasteiger partial charge in [0.15, 0.2) is 11.6 Å². The van der Waals surface area contributed by atoms with Crippen molar-refractivity contribution in [1.29, 1.82) is 0 Å². The number of carbonyl (C=O) groups excluding carboxylic acids is 2. The van der Waals surface area contributed by atoms with Gasteiger partial charge in [-0.1, -0.05) is 6.92 Å². The molecule has 1 unspecified atom stereocenters. The van der Waals surface area contributed by atoms with Crippen molar-refractivity contribution in [3.8, 4) is 0 Å². The maximum atomic E-state index is 12.9. The summed E-state index contributed by atoms with van der Waals surface area (Å²) in [6.07, 6.45) is 0.335. The summed E-state index contributed by atoms with van der Waals surface area (Å²) in [6, 6.07) is 1.95. The van der Waals surface area contributed by atoms with Crippen molar-refractivity contribution >= 4 is 11.9 Å². The molecule has 98 valence electrons. The van der Waals surface area contributed by atoms with Gasteiger partial charge in [0.05, 0.1) is 7.11 Å². The standard InChI is InChI=1S/C12H13F2NO3/c1-3-10(12(17)18-2)15-11(16)7-4-5-8(13)9(14)6-7/h4-6,10H,3H2,1-2H3,(H,15,16). The summed E-state index contributed by atoms with van der Waals surface area (Å²) in [5, 5.41) is 2.38. The first-order valence-corrected chi connectivity index (χ1v) is 5.33. The van der Waals surface area contributed by atoms with Crippen LogP contribution in [0.4, 0.5) is 8.78 Å². The predicted octanol–water partition coefficient (Wildman–Crippen LogP) is 1.65. The van der Waals surface area contributed by atoms with Gasteiger partial charge < -0.3 is 10.1 Å². The summed E-state index contributed by atoms with van der Waals surface area (Å²) in [5.74, 6) is -3.40. The zero-order valence-corrected chi connectivity index (χ0v) is 10.00. The minimum Gasteiger partial charge on any atom is -0.467 e. The van der Waals surface area contributed by atoms with Gasteiger partial charge in [0.1, 0.15) is 6.04 Å². The fourth-order valence-corrected chi connectivity index (χ4v) is 1.35. The third-order valence-electron chi connectivity index (χ3n) is 2.38. The molecule has 1 rings (SSSR count). The van der Waals surface area contributed by atoms with Crippen LogP contribution in [0.1, 0.15) is 23.7 Å². The molecular weight excluding hydrogens is 244 g/mol. The first-order chi connectivity index (χ1) is 8.49. The monoisotopic (exact) mass is 257 g/mol. The highest BCUT2D eigenvalue weighted by atomic mass is 19.2. The van der Waals surface area contributed by atoms with Crippen LogP contribution in [0, 0.1) is 11.6 Å². The molecule has 1 atom stereocenters. The summed E-state index contributed by atoms with van der Waals surface area (Å²) in [5.41, 5.74) is -0.0590. The molecule has 1 aromatic carbocycles. The third-order valence-corrected chi connectivity index (χ3v) is 2.38. The van der Waals surface area contributed by atoms with Gasteiger partial charge in [-0.2, -0.15) is 0 Å². The van der Waals surface area contributed by atoms with Crippen LogP contribution >= 0.6 is 0 Å².